The molecule has 0 aliphatic carbocycles. The summed E-state index contributed by atoms with van der Waals surface area (Å²) in [7, 11) is 1.73. The van der Waals surface area contributed by atoms with Crippen molar-refractivity contribution >= 4 is 0 Å². The number of rotatable bonds is 5. The molecule has 0 aromatic carbocycles. The molecule has 3 nitrogen and oxygen atoms in total. The zero-order chi connectivity index (χ0) is 11.3. The summed E-state index contributed by atoms with van der Waals surface area (Å²) in [5.41, 5.74) is 1.06. The van der Waals surface area contributed by atoms with Gasteiger partial charge in [0, 0.05) is 25.4 Å². The van der Waals surface area contributed by atoms with Crippen LogP contribution in [-0.2, 0) is 4.74 Å². The van der Waals surface area contributed by atoms with Crippen LogP contribution in [0.1, 0.15) is 32.5 Å². The van der Waals surface area contributed by atoms with E-state index >= 15 is 0 Å². The molecular formula is C12H20N2O. The second-order valence-corrected chi connectivity index (χ2v) is 3.87. The van der Waals surface area contributed by atoms with Crippen molar-refractivity contribution in [2.24, 2.45) is 0 Å². The van der Waals surface area contributed by atoms with Crippen LogP contribution in [0.2, 0.25) is 0 Å². The molecule has 0 fully saturated rings. The molecule has 0 spiro atoms. The van der Waals surface area contributed by atoms with Gasteiger partial charge in [-0.3, -0.25) is 4.98 Å². The van der Waals surface area contributed by atoms with Crippen molar-refractivity contribution in [3.8, 4) is 0 Å². The Balaban J connectivity index is 2.52. The monoisotopic (exact) mass is 208 g/mol. The van der Waals surface area contributed by atoms with Gasteiger partial charge >= 0.3 is 0 Å². The Labute approximate surface area is 91.9 Å². The molecule has 0 saturated carbocycles. The predicted octanol–water partition coefficient (Wildman–Crippen LogP) is 2.16. The lowest BCUT2D eigenvalue weighted by atomic mass is 10.1. The summed E-state index contributed by atoms with van der Waals surface area (Å²) in [4.78, 5) is 4.31. The largest absolute Gasteiger partial charge is 0.380 e. The standard InChI is InChI=1S/C12H20N2O/c1-9(11(3)15-4)14-10(2)12-7-5-6-8-13-12/h5-11,14H,1-4H3/t9?,10-,11?/m1/s1. The van der Waals surface area contributed by atoms with Gasteiger partial charge in [-0.1, -0.05) is 6.07 Å². The van der Waals surface area contributed by atoms with Crippen molar-refractivity contribution in [3.05, 3.63) is 30.1 Å². The van der Waals surface area contributed by atoms with E-state index in [0.717, 1.165) is 5.69 Å². The van der Waals surface area contributed by atoms with Gasteiger partial charge < -0.3 is 10.1 Å². The Morgan fingerprint density at radius 3 is 2.53 bits per heavy atom. The molecular weight excluding hydrogens is 188 g/mol. The maximum Gasteiger partial charge on any atom is 0.0693 e. The Hall–Kier alpha value is -0.930. The molecule has 84 valence electrons. The predicted molar refractivity (Wildman–Crippen MR) is 61.7 cm³/mol. The molecule has 0 aliphatic heterocycles. The molecule has 15 heavy (non-hydrogen) atoms. The van der Waals surface area contributed by atoms with Crippen molar-refractivity contribution in [2.45, 2.75) is 39.0 Å². The SMILES string of the molecule is COC(C)C(C)N[C@H](C)c1ccccn1. The highest BCUT2D eigenvalue weighted by atomic mass is 16.5. The molecule has 1 heterocycles. The average Bonchev–Trinajstić information content (AvgIpc) is 2.29. The summed E-state index contributed by atoms with van der Waals surface area (Å²) >= 11 is 0. The van der Waals surface area contributed by atoms with E-state index in [0.29, 0.717) is 6.04 Å². The van der Waals surface area contributed by atoms with Crippen LogP contribution in [0.25, 0.3) is 0 Å². The van der Waals surface area contributed by atoms with Gasteiger partial charge in [-0.2, -0.15) is 0 Å². The molecule has 0 amide bonds. The van der Waals surface area contributed by atoms with Crippen LogP contribution in [0.3, 0.4) is 0 Å². The molecule has 0 saturated heterocycles. The van der Waals surface area contributed by atoms with E-state index in [2.05, 4.69) is 31.1 Å². The highest BCUT2D eigenvalue weighted by molar-refractivity contribution is 5.07. The Morgan fingerprint density at radius 1 is 1.27 bits per heavy atom. The Kier molecular flexibility index (Phi) is 4.72. The zero-order valence-corrected chi connectivity index (χ0v) is 9.90. The lowest BCUT2D eigenvalue weighted by Gasteiger charge is -2.23. The number of aromatic nitrogens is 1. The number of pyridine rings is 1. The quantitative estimate of drug-likeness (QED) is 0.805. The van der Waals surface area contributed by atoms with E-state index in [9.17, 15) is 0 Å². The number of methoxy groups -OCH3 is 1. The first kappa shape index (κ1) is 12.1. The van der Waals surface area contributed by atoms with Gasteiger partial charge in [-0.25, -0.2) is 0 Å². The van der Waals surface area contributed by atoms with Gasteiger partial charge in [0.1, 0.15) is 0 Å². The topological polar surface area (TPSA) is 34.1 Å². The number of hydrogen-bond donors (Lipinski definition) is 1. The van der Waals surface area contributed by atoms with E-state index in [4.69, 9.17) is 4.74 Å². The van der Waals surface area contributed by atoms with Crippen molar-refractivity contribution in [1.82, 2.24) is 10.3 Å². The maximum absolute atomic E-state index is 5.27. The van der Waals surface area contributed by atoms with Gasteiger partial charge in [0.15, 0.2) is 0 Å². The smallest absolute Gasteiger partial charge is 0.0693 e. The molecule has 2 unspecified atom stereocenters. The second kappa shape index (κ2) is 5.83. The van der Waals surface area contributed by atoms with Gasteiger partial charge in [0.25, 0.3) is 0 Å². The summed E-state index contributed by atoms with van der Waals surface area (Å²) in [6.07, 6.45) is 2.02. The van der Waals surface area contributed by atoms with Crippen LogP contribution in [-0.4, -0.2) is 24.2 Å². The Bertz CT molecular complexity index is 276. The molecule has 0 radical (unpaired) electrons. The first-order valence-electron chi connectivity index (χ1n) is 5.35. The molecule has 1 N–H and O–H groups in total. The highest BCUT2D eigenvalue weighted by Crippen LogP contribution is 2.10. The molecule has 3 atom stereocenters. The van der Waals surface area contributed by atoms with E-state index in [1.54, 1.807) is 7.11 Å². The normalized spacial score (nSPS) is 17.1. The molecule has 3 heteroatoms. The summed E-state index contributed by atoms with van der Waals surface area (Å²) in [6, 6.07) is 6.52. The third-order valence-corrected chi connectivity index (χ3v) is 2.72. The van der Waals surface area contributed by atoms with E-state index < -0.39 is 0 Å². The average molecular weight is 208 g/mol. The first-order chi connectivity index (χ1) is 7.15. The van der Waals surface area contributed by atoms with Crippen LogP contribution in [0.15, 0.2) is 24.4 Å². The number of hydrogen-bond acceptors (Lipinski definition) is 3. The summed E-state index contributed by atoms with van der Waals surface area (Å²) in [6.45, 7) is 6.29. The fraction of sp³-hybridized carbons (Fsp3) is 0.583. The van der Waals surface area contributed by atoms with Crippen molar-refractivity contribution in [3.63, 3.8) is 0 Å². The molecule has 1 rings (SSSR count). The maximum atomic E-state index is 5.27. The van der Waals surface area contributed by atoms with E-state index in [1.807, 2.05) is 24.4 Å². The van der Waals surface area contributed by atoms with Gasteiger partial charge in [0.05, 0.1) is 11.8 Å². The van der Waals surface area contributed by atoms with Crippen LogP contribution in [0.5, 0.6) is 0 Å². The third kappa shape index (κ3) is 3.61. The van der Waals surface area contributed by atoms with Crippen LogP contribution in [0.4, 0.5) is 0 Å². The minimum absolute atomic E-state index is 0.205. The van der Waals surface area contributed by atoms with Crippen LogP contribution in [0, 0.1) is 0 Å². The molecule has 1 aromatic rings. The zero-order valence-electron chi connectivity index (χ0n) is 9.90. The van der Waals surface area contributed by atoms with E-state index in [1.165, 1.54) is 0 Å². The fourth-order valence-electron chi connectivity index (χ4n) is 1.45. The Morgan fingerprint density at radius 2 is 2.00 bits per heavy atom. The first-order valence-corrected chi connectivity index (χ1v) is 5.35. The summed E-state index contributed by atoms with van der Waals surface area (Å²) in [5, 5.41) is 3.46. The van der Waals surface area contributed by atoms with Gasteiger partial charge in [-0.05, 0) is 32.9 Å². The minimum Gasteiger partial charge on any atom is -0.380 e. The minimum atomic E-state index is 0.205. The highest BCUT2D eigenvalue weighted by Gasteiger charge is 2.15. The lowest BCUT2D eigenvalue weighted by molar-refractivity contribution is 0.0850. The van der Waals surface area contributed by atoms with Crippen molar-refractivity contribution in [2.75, 3.05) is 7.11 Å². The summed E-state index contributed by atoms with van der Waals surface area (Å²) in [5.74, 6) is 0. The van der Waals surface area contributed by atoms with Crippen molar-refractivity contribution < 1.29 is 4.74 Å². The number of nitrogens with zero attached hydrogens (tertiary/aromatic N) is 1. The molecule has 0 aliphatic rings. The molecule has 1 aromatic heterocycles. The van der Waals surface area contributed by atoms with Gasteiger partial charge in [-0.15, -0.1) is 0 Å². The fourth-order valence-corrected chi connectivity index (χ4v) is 1.45. The number of ether oxygens (including phenoxy) is 1. The van der Waals surface area contributed by atoms with Gasteiger partial charge in [0.2, 0.25) is 0 Å². The number of nitrogens with one attached hydrogen (secondary N) is 1. The van der Waals surface area contributed by atoms with Crippen LogP contribution >= 0.6 is 0 Å². The van der Waals surface area contributed by atoms with E-state index in [-0.39, 0.29) is 12.1 Å². The third-order valence-electron chi connectivity index (χ3n) is 2.72. The molecule has 0 bridgehead atoms. The van der Waals surface area contributed by atoms with Crippen molar-refractivity contribution in [1.29, 1.82) is 0 Å². The summed E-state index contributed by atoms with van der Waals surface area (Å²) < 4.78 is 5.27. The van der Waals surface area contributed by atoms with Crippen LogP contribution < -0.4 is 5.32 Å². The lowest BCUT2D eigenvalue weighted by Crippen LogP contribution is -2.38. The second-order valence-electron chi connectivity index (χ2n) is 3.87.